The summed E-state index contributed by atoms with van der Waals surface area (Å²) < 4.78 is 13.7. The second kappa shape index (κ2) is 4.82. The molecule has 1 aromatic rings. The van der Waals surface area contributed by atoms with E-state index in [1.54, 1.807) is 6.07 Å². The first-order chi connectivity index (χ1) is 8.86. The maximum absolute atomic E-state index is 13.7. The number of anilines is 1. The molecule has 1 N–H and O–H groups in total. The van der Waals surface area contributed by atoms with Gasteiger partial charge in [-0.15, -0.1) is 0 Å². The zero-order chi connectivity index (χ0) is 14.2. The molecule has 0 bridgehead atoms. The van der Waals surface area contributed by atoms with E-state index < -0.39 is 11.4 Å². The number of hydrogen-bond acceptors (Lipinski definition) is 3. The van der Waals surface area contributed by atoms with Gasteiger partial charge in [0, 0.05) is 12.2 Å². The quantitative estimate of drug-likeness (QED) is 0.891. The molecule has 19 heavy (non-hydrogen) atoms. The van der Waals surface area contributed by atoms with E-state index in [0.717, 1.165) is 5.69 Å². The molecule has 0 aromatic heterocycles. The van der Waals surface area contributed by atoms with Crippen molar-refractivity contribution >= 4 is 5.69 Å². The highest BCUT2D eigenvalue weighted by Crippen LogP contribution is 2.36. The van der Waals surface area contributed by atoms with E-state index in [4.69, 9.17) is 5.26 Å². The van der Waals surface area contributed by atoms with E-state index >= 15 is 0 Å². The minimum atomic E-state index is -0.765. The SMILES string of the molecule is CC(C)C1N(c2ccc(C#N)c(F)c2)CCC1(C)O. The number of nitriles is 1. The summed E-state index contributed by atoms with van der Waals surface area (Å²) in [5, 5.41) is 19.2. The normalized spacial score (nSPS) is 26.8. The topological polar surface area (TPSA) is 47.3 Å². The Bertz CT molecular complexity index is 519. The Balaban J connectivity index is 2.37. The molecule has 1 aromatic carbocycles. The second-order valence-electron chi connectivity index (χ2n) is 5.77. The van der Waals surface area contributed by atoms with Crippen LogP contribution in [0.25, 0.3) is 0 Å². The number of benzene rings is 1. The van der Waals surface area contributed by atoms with Crippen LogP contribution < -0.4 is 4.90 Å². The predicted octanol–water partition coefficient (Wildman–Crippen LogP) is 2.68. The third-order valence-electron chi connectivity index (χ3n) is 3.87. The molecule has 0 aliphatic carbocycles. The van der Waals surface area contributed by atoms with E-state index in [0.29, 0.717) is 13.0 Å². The first-order valence-corrected chi connectivity index (χ1v) is 6.55. The lowest BCUT2D eigenvalue weighted by molar-refractivity contribution is 0.0371. The van der Waals surface area contributed by atoms with Crippen LogP contribution in [0.2, 0.25) is 0 Å². The third-order valence-corrected chi connectivity index (χ3v) is 3.87. The summed E-state index contributed by atoms with van der Waals surface area (Å²) in [5.74, 6) is -0.245. The van der Waals surface area contributed by atoms with Gasteiger partial charge in [-0.3, -0.25) is 0 Å². The Morgan fingerprint density at radius 2 is 2.21 bits per heavy atom. The second-order valence-corrected chi connectivity index (χ2v) is 5.77. The number of aliphatic hydroxyl groups is 1. The van der Waals surface area contributed by atoms with Crippen LogP contribution in [-0.4, -0.2) is 23.3 Å². The maximum Gasteiger partial charge on any atom is 0.143 e. The molecule has 1 aliphatic rings. The van der Waals surface area contributed by atoms with Gasteiger partial charge in [0.05, 0.1) is 17.2 Å². The fraction of sp³-hybridized carbons (Fsp3) is 0.533. The van der Waals surface area contributed by atoms with Crippen LogP contribution in [0.15, 0.2) is 18.2 Å². The van der Waals surface area contributed by atoms with Crippen molar-refractivity contribution in [1.82, 2.24) is 0 Å². The van der Waals surface area contributed by atoms with Crippen LogP contribution in [0.5, 0.6) is 0 Å². The van der Waals surface area contributed by atoms with Crippen molar-refractivity contribution in [1.29, 1.82) is 5.26 Å². The molecule has 3 nitrogen and oxygen atoms in total. The monoisotopic (exact) mass is 262 g/mol. The molecule has 1 fully saturated rings. The van der Waals surface area contributed by atoms with Crippen molar-refractivity contribution in [2.24, 2.45) is 5.92 Å². The van der Waals surface area contributed by atoms with Gasteiger partial charge in [-0.05, 0) is 37.5 Å². The first-order valence-electron chi connectivity index (χ1n) is 6.55. The molecule has 1 heterocycles. The van der Waals surface area contributed by atoms with Gasteiger partial charge in [0.1, 0.15) is 11.9 Å². The summed E-state index contributed by atoms with van der Waals surface area (Å²) in [6.07, 6.45) is 0.664. The van der Waals surface area contributed by atoms with Crippen LogP contribution >= 0.6 is 0 Å². The van der Waals surface area contributed by atoms with Gasteiger partial charge in [-0.2, -0.15) is 5.26 Å². The Kier molecular flexibility index (Phi) is 3.51. The van der Waals surface area contributed by atoms with Crippen LogP contribution in [-0.2, 0) is 0 Å². The van der Waals surface area contributed by atoms with Crippen LogP contribution in [0.1, 0.15) is 32.8 Å². The maximum atomic E-state index is 13.7. The number of nitrogens with zero attached hydrogens (tertiary/aromatic N) is 2. The molecule has 0 amide bonds. The minimum Gasteiger partial charge on any atom is -0.388 e. The highest BCUT2D eigenvalue weighted by Gasteiger charge is 2.44. The van der Waals surface area contributed by atoms with Gasteiger partial charge < -0.3 is 10.0 Å². The smallest absolute Gasteiger partial charge is 0.143 e. The molecule has 4 heteroatoms. The summed E-state index contributed by atoms with van der Waals surface area (Å²) >= 11 is 0. The number of halogens is 1. The standard InChI is InChI=1S/C15H19FN2O/c1-10(2)14-15(3,19)6-7-18(14)12-5-4-11(9-17)13(16)8-12/h4-5,8,10,14,19H,6-7H2,1-3H3. The zero-order valence-corrected chi connectivity index (χ0v) is 11.5. The molecule has 2 atom stereocenters. The predicted molar refractivity (Wildman–Crippen MR) is 72.3 cm³/mol. The molecule has 0 saturated carbocycles. The zero-order valence-electron chi connectivity index (χ0n) is 11.5. The number of hydrogen-bond donors (Lipinski definition) is 1. The molecule has 1 aliphatic heterocycles. The molecule has 0 radical (unpaired) electrons. The highest BCUT2D eigenvalue weighted by atomic mass is 19.1. The van der Waals surface area contributed by atoms with E-state index in [9.17, 15) is 9.50 Å². The molecule has 0 spiro atoms. The molecule has 2 rings (SSSR count). The summed E-state index contributed by atoms with van der Waals surface area (Å²) in [6.45, 7) is 6.63. The molecular weight excluding hydrogens is 243 g/mol. The summed E-state index contributed by atoms with van der Waals surface area (Å²) in [6, 6.07) is 6.41. The summed E-state index contributed by atoms with van der Waals surface area (Å²) in [7, 11) is 0. The average Bonchev–Trinajstić information content (AvgIpc) is 2.64. The van der Waals surface area contributed by atoms with Gasteiger partial charge in [0.2, 0.25) is 0 Å². The lowest BCUT2D eigenvalue weighted by atomic mass is 9.88. The van der Waals surface area contributed by atoms with E-state index in [-0.39, 0.29) is 17.5 Å². The third kappa shape index (κ3) is 2.43. The molecular formula is C15H19FN2O. The van der Waals surface area contributed by atoms with Crippen molar-refractivity contribution in [2.75, 3.05) is 11.4 Å². The van der Waals surface area contributed by atoms with Gasteiger partial charge in [-0.1, -0.05) is 13.8 Å². The summed E-state index contributed by atoms with van der Waals surface area (Å²) in [5.41, 5.74) is 0.0159. The van der Waals surface area contributed by atoms with Crippen molar-refractivity contribution in [3.05, 3.63) is 29.6 Å². The molecule has 2 unspecified atom stereocenters. The van der Waals surface area contributed by atoms with Crippen LogP contribution in [0.3, 0.4) is 0 Å². The molecule has 1 saturated heterocycles. The van der Waals surface area contributed by atoms with Gasteiger partial charge in [0.15, 0.2) is 0 Å². The van der Waals surface area contributed by atoms with Crippen molar-refractivity contribution in [3.8, 4) is 6.07 Å². The lowest BCUT2D eigenvalue weighted by Gasteiger charge is -2.36. The van der Waals surface area contributed by atoms with Crippen LogP contribution in [0.4, 0.5) is 10.1 Å². The first kappa shape index (κ1) is 13.8. The Morgan fingerprint density at radius 3 is 2.74 bits per heavy atom. The van der Waals surface area contributed by atoms with E-state index in [2.05, 4.69) is 13.8 Å². The van der Waals surface area contributed by atoms with Gasteiger partial charge in [-0.25, -0.2) is 4.39 Å². The van der Waals surface area contributed by atoms with Crippen LogP contribution in [0, 0.1) is 23.1 Å². The highest BCUT2D eigenvalue weighted by molar-refractivity contribution is 5.53. The fourth-order valence-electron chi connectivity index (χ4n) is 3.11. The minimum absolute atomic E-state index is 0.0418. The lowest BCUT2D eigenvalue weighted by Crippen LogP contribution is -2.46. The Labute approximate surface area is 113 Å². The number of rotatable bonds is 2. The van der Waals surface area contributed by atoms with E-state index in [1.165, 1.54) is 12.1 Å². The van der Waals surface area contributed by atoms with Gasteiger partial charge in [0.25, 0.3) is 0 Å². The van der Waals surface area contributed by atoms with Crippen molar-refractivity contribution in [3.63, 3.8) is 0 Å². The summed E-state index contributed by atoms with van der Waals surface area (Å²) in [4.78, 5) is 2.04. The van der Waals surface area contributed by atoms with Crippen molar-refractivity contribution < 1.29 is 9.50 Å². The van der Waals surface area contributed by atoms with Gasteiger partial charge >= 0.3 is 0 Å². The Morgan fingerprint density at radius 1 is 1.53 bits per heavy atom. The Hall–Kier alpha value is -1.60. The van der Waals surface area contributed by atoms with Crippen molar-refractivity contribution in [2.45, 2.75) is 38.8 Å². The molecule has 102 valence electrons. The van der Waals surface area contributed by atoms with E-state index in [1.807, 2.05) is 17.9 Å². The largest absolute Gasteiger partial charge is 0.388 e. The average molecular weight is 262 g/mol. The fourth-order valence-corrected chi connectivity index (χ4v) is 3.11.